The maximum Gasteiger partial charge on any atom is 0.573 e. The van der Waals surface area contributed by atoms with Crippen molar-refractivity contribution in [2.75, 3.05) is 13.1 Å². The zero-order chi connectivity index (χ0) is 13.9. The molecule has 1 aliphatic heterocycles. The maximum absolute atomic E-state index is 12.1. The summed E-state index contributed by atoms with van der Waals surface area (Å²) in [5.74, 6) is -0.173. The fraction of sp³-hybridized carbons (Fsp3) is 0.538. The Morgan fingerprint density at radius 3 is 2.84 bits per heavy atom. The number of alkyl halides is 3. The van der Waals surface area contributed by atoms with E-state index in [4.69, 9.17) is 5.73 Å². The molecule has 3 nitrogen and oxygen atoms in total. The van der Waals surface area contributed by atoms with Crippen LogP contribution in [0, 0.1) is 0 Å². The number of halogens is 3. The summed E-state index contributed by atoms with van der Waals surface area (Å²) in [5.41, 5.74) is 6.48. The van der Waals surface area contributed by atoms with Crippen molar-refractivity contribution in [2.24, 2.45) is 5.73 Å². The summed E-state index contributed by atoms with van der Waals surface area (Å²) in [5, 5.41) is 0. The van der Waals surface area contributed by atoms with Gasteiger partial charge in [0.1, 0.15) is 5.75 Å². The molecule has 6 heteroatoms. The zero-order valence-corrected chi connectivity index (χ0v) is 10.5. The number of benzene rings is 1. The molecule has 0 aliphatic carbocycles. The van der Waals surface area contributed by atoms with Crippen LogP contribution in [0.15, 0.2) is 24.3 Å². The summed E-state index contributed by atoms with van der Waals surface area (Å²) in [6.07, 6.45) is -2.51. The van der Waals surface area contributed by atoms with Gasteiger partial charge in [0.05, 0.1) is 0 Å². The Morgan fingerprint density at radius 2 is 2.16 bits per heavy atom. The Labute approximate surface area is 110 Å². The summed E-state index contributed by atoms with van der Waals surface area (Å²) in [7, 11) is 0. The quantitative estimate of drug-likeness (QED) is 0.917. The van der Waals surface area contributed by atoms with E-state index >= 15 is 0 Å². The number of nitrogens with two attached hydrogens (primary N) is 1. The van der Waals surface area contributed by atoms with Crippen LogP contribution in [-0.2, 0) is 6.54 Å². The van der Waals surface area contributed by atoms with E-state index in [9.17, 15) is 13.2 Å². The average molecular weight is 274 g/mol. The summed E-state index contributed by atoms with van der Waals surface area (Å²) < 4.78 is 40.4. The van der Waals surface area contributed by atoms with Gasteiger partial charge in [-0.15, -0.1) is 13.2 Å². The largest absolute Gasteiger partial charge is 0.573 e. The number of hydrogen-bond donors (Lipinski definition) is 1. The summed E-state index contributed by atoms with van der Waals surface area (Å²) >= 11 is 0. The third-order valence-corrected chi connectivity index (χ3v) is 3.29. The van der Waals surface area contributed by atoms with Crippen LogP contribution in [0.5, 0.6) is 5.75 Å². The van der Waals surface area contributed by atoms with Crippen molar-refractivity contribution in [3.63, 3.8) is 0 Å². The molecule has 1 saturated heterocycles. The van der Waals surface area contributed by atoms with E-state index in [-0.39, 0.29) is 5.75 Å². The van der Waals surface area contributed by atoms with Crippen molar-refractivity contribution in [2.45, 2.75) is 31.8 Å². The lowest BCUT2D eigenvalue weighted by Gasteiger charge is -2.23. The molecule has 0 saturated carbocycles. The van der Waals surface area contributed by atoms with Crippen molar-refractivity contribution >= 4 is 0 Å². The fourth-order valence-corrected chi connectivity index (χ4v) is 2.45. The van der Waals surface area contributed by atoms with Gasteiger partial charge in [0.15, 0.2) is 0 Å². The van der Waals surface area contributed by atoms with Gasteiger partial charge in [0.25, 0.3) is 0 Å². The van der Waals surface area contributed by atoms with Crippen molar-refractivity contribution < 1.29 is 17.9 Å². The monoisotopic (exact) mass is 274 g/mol. The fourth-order valence-electron chi connectivity index (χ4n) is 2.45. The smallest absolute Gasteiger partial charge is 0.406 e. The Kier molecular flexibility index (Phi) is 4.31. The van der Waals surface area contributed by atoms with Crippen molar-refractivity contribution in [3.05, 3.63) is 29.8 Å². The van der Waals surface area contributed by atoms with Crippen LogP contribution < -0.4 is 10.5 Å². The summed E-state index contributed by atoms with van der Waals surface area (Å²) in [6.45, 7) is 2.13. The number of ether oxygens (including phenoxy) is 1. The van der Waals surface area contributed by atoms with E-state index in [1.807, 2.05) is 0 Å². The Morgan fingerprint density at radius 1 is 1.37 bits per heavy atom. The first-order valence-electron chi connectivity index (χ1n) is 6.27. The first-order chi connectivity index (χ1) is 8.98. The third-order valence-electron chi connectivity index (χ3n) is 3.29. The van der Waals surface area contributed by atoms with Crippen molar-refractivity contribution in [1.82, 2.24) is 4.90 Å². The van der Waals surface area contributed by atoms with Gasteiger partial charge in [0.2, 0.25) is 0 Å². The molecule has 106 valence electrons. The minimum Gasteiger partial charge on any atom is -0.406 e. The van der Waals surface area contributed by atoms with Crippen LogP contribution in [0.3, 0.4) is 0 Å². The van der Waals surface area contributed by atoms with Crippen molar-refractivity contribution in [1.29, 1.82) is 0 Å². The van der Waals surface area contributed by atoms with Gasteiger partial charge in [-0.25, -0.2) is 0 Å². The highest BCUT2D eigenvalue weighted by Crippen LogP contribution is 2.25. The topological polar surface area (TPSA) is 38.5 Å². The molecule has 19 heavy (non-hydrogen) atoms. The first-order valence-corrected chi connectivity index (χ1v) is 6.27. The van der Waals surface area contributed by atoms with E-state index in [2.05, 4.69) is 9.64 Å². The Bertz CT molecular complexity index is 423. The van der Waals surface area contributed by atoms with Crippen LogP contribution in [0.25, 0.3) is 0 Å². The number of nitrogens with zero attached hydrogens (tertiary/aromatic N) is 1. The lowest BCUT2D eigenvalue weighted by molar-refractivity contribution is -0.274. The van der Waals surface area contributed by atoms with E-state index in [1.165, 1.54) is 12.1 Å². The molecule has 2 N–H and O–H groups in total. The predicted molar refractivity (Wildman–Crippen MR) is 65.6 cm³/mol. The molecule has 1 heterocycles. The van der Waals surface area contributed by atoms with Gasteiger partial charge in [0, 0.05) is 19.1 Å². The molecule has 1 aromatic rings. The predicted octanol–water partition coefficient (Wildman–Crippen LogP) is 2.51. The third kappa shape index (κ3) is 4.11. The minimum atomic E-state index is -4.65. The molecule has 2 rings (SSSR count). The van der Waals surface area contributed by atoms with Gasteiger partial charge in [-0.2, -0.15) is 0 Å². The highest BCUT2D eigenvalue weighted by Gasteiger charge is 2.31. The molecule has 1 aliphatic rings. The van der Waals surface area contributed by atoms with Crippen LogP contribution in [0.4, 0.5) is 13.2 Å². The van der Waals surface area contributed by atoms with Crippen LogP contribution >= 0.6 is 0 Å². The first kappa shape index (κ1) is 14.1. The molecule has 0 radical (unpaired) electrons. The molecule has 1 fully saturated rings. The Hall–Kier alpha value is -1.27. The normalized spacial score (nSPS) is 20.7. The van der Waals surface area contributed by atoms with E-state index in [0.29, 0.717) is 19.1 Å². The van der Waals surface area contributed by atoms with Crippen molar-refractivity contribution in [3.8, 4) is 5.75 Å². The van der Waals surface area contributed by atoms with E-state index in [0.717, 1.165) is 24.9 Å². The van der Waals surface area contributed by atoms with Crippen LogP contribution in [-0.4, -0.2) is 30.4 Å². The van der Waals surface area contributed by atoms with Crippen LogP contribution in [0.1, 0.15) is 18.4 Å². The molecule has 1 unspecified atom stereocenters. The lowest BCUT2D eigenvalue weighted by atomic mass is 10.1. The SMILES string of the molecule is NCC1CCCN1Cc1cccc(OC(F)(F)F)c1. The van der Waals surface area contributed by atoms with E-state index in [1.54, 1.807) is 12.1 Å². The molecule has 0 amide bonds. The van der Waals surface area contributed by atoms with Gasteiger partial charge < -0.3 is 10.5 Å². The Balaban J connectivity index is 2.02. The molecule has 0 bridgehead atoms. The molecule has 1 atom stereocenters. The average Bonchev–Trinajstić information content (AvgIpc) is 2.74. The highest BCUT2D eigenvalue weighted by molar-refractivity contribution is 5.28. The van der Waals surface area contributed by atoms with Gasteiger partial charge in [-0.1, -0.05) is 12.1 Å². The van der Waals surface area contributed by atoms with Gasteiger partial charge in [-0.3, -0.25) is 4.90 Å². The standard InChI is InChI=1S/C13H17F3N2O/c14-13(15,16)19-12-5-1-3-10(7-12)9-18-6-2-4-11(18)8-17/h1,3,5,7,11H,2,4,6,8-9,17H2. The second-order valence-corrected chi connectivity index (χ2v) is 4.70. The van der Waals surface area contributed by atoms with E-state index < -0.39 is 6.36 Å². The molecular formula is C13H17F3N2O. The number of likely N-dealkylation sites (tertiary alicyclic amines) is 1. The van der Waals surface area contributed by atoms with Gasteiger partial charge >= 0.3 is 6.36 Å². The molecule has 0 aromatic heterocycles. The molecular weight excluding hydrogens is 257 g/mol. The highest BCUT2D eigenvalue weighted by atomic mass is 19.4. The second-order valence-electron chi connectivity index (χ2n) is 4.70. The summed E-state index contributed by atoms with van der Waals surface area (Å²) in [6, 6.07) is 6.44. The zero-order valence-electron chi connectivity index (χ0n) is 10.5. The number of rotatable bonds is 4. The molecule has 1 aromatic carbocycles. The maximum atomic E-state index is 12.1. The summed E-state index contributed by atoms with van der Waals surface area (Å²) in [4.78, 5) is 2.20. The minimum absolute atomic E-state index is 0.173. The van der Waals surface area contributed by atoms with Crippen LogP contribution in [0.2, 0.25) is 0 Å². The number of hydrogen-bond acceptors (Lipinski definition) is 3. The lowest BCUT2D eigenvalue weighted by Crippen LogP contribution is -2.34. The van der Waals surface area contributed by atoms with Gasteiger partial charge in [-0.05, 0) is 37.1 Å². The molecule has 0 spiro atoms. The second kappa shape index (κ2) is 5.79.